The standard InChI is InChI=1S/3C30H25N4.Ir/c3*1-19-7-5-8-24(17-19)34-26-11-10-23(18-25(26)28-27(34)9-6-12-31-28)30-32-13-14-33(30)29-21(3)15-20(2)16-22(29)4;/h3*5-9,11-18H,1-4H3;/q3*-1;+3. The molecule has 0 radical (unpaired) electrons. The molecule has 0 aliphatic rings. The minimum atomic E-state index is 0. The van der Waals surface area contributed by atoms with Crippen LogP contribution in [0.15, 0.2) is 238 Å². The minimum Gasteiger partial charge on any atom is -0.349 e. The van der Waals surface area contributed by atoms with E-state index < -0.39 is 0 Å². The molecular formula is C90H75IrN12. The van der Waals surface area contributed by atoms with Crippen molar-refractivity contribution in [1.29, 1.82) is 0 Å². The summed E-state index contributed by atoms with van der Waals surface area (Å²) in [5.74, 6) is 2.64. The summed E-state index contributed by atoms with van der Waals surface area (Å²) in [6, 6.07) is 74.7. The molecule has 0 fully saturated rings. The van der Waals surface area contributed by atoms with Crippen molar-refractivity contribution in [2.24, 2.45) is 0 Å². The van der Waals surface area contributed by atoms with Gasteiger partial charge < -0.3 is 27.4 Å². The van der Waals surface area contributed by atoms with Gasteiger partial charge in [0.2, 0.25) is 0 Å². The molecule has 0 spiro atoms. The van der Waals surface area contributed by atoms with Gasteiger partial charge in [-0.05, 0) is 223 Å². The largest absolute Gasteiger partial charge is 3.00 e. The molecule has 0 saturated carbocycles. The molecule has 18 rings (SSSR count). The molecule has 13 heteroatoms. The molecular weight excluding hydrogens is 1440 g/mol. The van der Waals surface area contributed by atoms with E-state index in [4.69, 9.17) is 29.9 Å². The summed E-state index contributed by atoms with van der Waals surface area (Å²) in [6.07, 6.45) is 17.3. The van der Waals surface area contributed by atoms with E-state index in [9.17, 15) is 0 Å². The van der Waals surface area contributed by atoms with Gasteiger partial charge in [-0.1, -0.05) is 106 Å². The van der Waals surface area contributed by atoms with Crippen LogP contribution in [-0.4, -0.2) is 57.3 Å². The second-order valence-electron chi connectivity index (χ2n) is 27.2. The van der Waals surface area contributed by atoms with Crippen LogP contribution in [0.5, 0.6) is 0 Å². The average molecular weight is 1520 g/mol. The number of aromatic nitrogens is 12. The third-order valence-corrected chi connectivity index (χ3v) is 19.4. The maximum Gasteiger partial charge on any atom is 3.00 e. The van der Waals surface area contributed by atoms with Gasteiger partial charge >= 0.3 is 20.1 Å². The van der Waals surface area contributed by atoms with Crippen molar-refractivity contribution in [3.63, 3.8) is 0 Å². The van der Waals surface area contributed by atoms with Gasteiger partial charge in [0.1, 0.15) is 0 Å². The molecule has 504 valence electrons. The molecule has 9 aromatic carbocycles. The van der Waals surface area contributed by atoms with Gasteiger partial charge in [-0.15, -0.1) is 71.3 Å². The van der Waals surface area contributed by atoms with Crippen molar-refractivity contribution in [2.75, 3.05) is 0 Å². The van der Waals surface area contributed by atoms with E-state index in [-0.39, 0.29) is 20.1 Å². The van der Waals surface area contributed by atoms with Gasteiger partial charge in [0.15, 0.2) is 0 Å². The number of nitrogens with zero attached hydrogens (tertiary/aromatic N) is 12. The van der Waals surface area contributed by atoms with Gasteiger partial charge in [0.05, 0.1) is 50.6 Å². The first kappa shape index (κ1) is 67.0. The van der Waals surface area contributed by atoms with E-state index >= 15 is 0 Å². The summed E-state index contributed by atoms with van der Waals surface area (Å²) < 4.78 is 13.3. The van der Waals surface area contributed by atoms with Crippen molar-refractivity contribution in [1.82, 2.24) is 57.3 Å². The molecule has 18 aromatic rings. The zero-order valence-corrected chi connectivity index (χ0v) is 62.1. The Kier molecular flexibility index (Phi) is 17.7. The van der Waals surface area contributed by atoms with Crippen molar-refractivity contribution >= 4 is 65.8 Å². The minimum absolute atomic E-state index is 0. The second kappa shape index (κ2) is 27.2. The van der Waals surface area contributed by atoms with Crippen molar-refractivity contribution in [3.05, 3.63) is 323 Å². The van der Waals surface area contributed by atoms with E-state index in [2.05, 4.69) is 292 Å². The Balaban J connectivity index is 0.000000124. The first-order chi connectivity index (χ1) is 49.5. The van der Waals surface area contributed by atoms with Crippen molar-refractivity contribution < 1.29 is 20.1 Å². The smallest absolute Gasteiger partial charge is 0.349 e. The number of imidazole rings is 3. The van der Waals surface area contributed by atoms with Gasteiger partial charge in [-0.3, -0.25) is 29.9 Å². The van der Waals surface area contributed by atoms with Crippen LogP contribution in [0.2, 0.25) is 0 Å². The Bertz CT molecular complexity index is 5650. The number of aryl methyl sites for hydroxylation is 12. The molecule has 0 bridgehead atoms. The van der Waals surface area contributed by atoms with Crippen LogP contribution in [0.3, 0.4) is 0 Å². The van der Waals surface area contributed by atoms with Crippen LogP contribution in [-0.2, 0) is 20.1 Å². The zero-order valence-electron chi connectivity index (χ0n) is 59.7. The molecule has 0 unspecified atom stereocenters. The maximum atomic E-state index is 4.76. The molecule has 0 atom stereocenters. The van der Waals surface area contributed by atoms with Gasteiger partial charge in [0, 0.05) is 89.9 Å². The number of hydrogen-bond donors (Lipinski definition) is 0. The number of benzene rings is 9. The van der Waals surface area contributed by atoms with Gasteiger partial charge in [0.25, 0.3) is 0 Å². The van der Waals surface area contributed by atoms with Crippen LogP contribution in [0.1, 0.15) is 66.8 Å². The predicted octanol–water partition coefficient (Wildman–Crippen LogP) is 21.2. The molecule has 0 amide bonds. The first-order valence-electron chi connectivity index (χ1n) is 34.5. The molecule has 0 N–H and O–H groups in total. The van der Waals surface area contributed by atoms with E-state index in [0.717, 1.165) is 117 Å². The van der Waals surface area contributed by atoms with Gasteiger partial charge in [-0.2, -0.15) is 0 Å². The van der Waals surface area contributed by atoms with Gasteiger partial charge in [-0.25, -0.2) is 0 Å². The Hall–Kier alpha value is -11.9. The van der Waals surface area contributed by atoms with Crippen molar-refractivity contribution in [3.8, 4) is 68.3 Å². The predicted molar refractivity (Wildman–Crippen MR) is 417 cm³/mol. The summed E-state index contributed by atoms with van der Waals surface area (Å²) in [5, 5.41) is 3.29. The number of pyridine rings is 3. The Morgan fingerprint density at radius 1 is 0.262 bits per heavy atom. The Morgan fingerprint density at radius 3 is 0.796 bits per heavy atom. The number of rotatable bonds is 9. The van der Waals surface area contributed by atoms with Crippen LogP contribution in [0.4, 0.5) is 0 Å². The Labute approximate surface area is 613 Å². The quantitative estimate of drug-likeness (QED) is 0.133. The first-order valence-corrected chi connectivity index (χ1v) is 34.5. The zero-order chi connectivity index (χ0) is 70.2. The molecule has 9 heterocycles. The molecule has 0 saturated heterocycles. The summed E-state index contributed by atoms with van der Waals surface area (Å²) in [6.45, 7) is 25.7. The fraction of sp³-hybridized carbons (Fsp3) is 0.133. The second-order valence-corrected chi connectivity index (χ2v) is 27.2. The molecule has 103 heavy (non-hydrogen) atoms. The SMILES string of the molecule is Cc1cccc(-n2c3c[c-]c(-c4nccn4-c4c(C)cc(C)cc4C)cc3c3ncccc32)c1.Cc1cccc(-n2c3c[c-]c(-c4nccn4-c4c(C)cc(C)cc4C)cc3c3ncccc32)c1.Cc1cccc(-n2c3c[c-]c(-c4nccn4-c4c(C)cc(C)cc4C)cc3c3ncccc32)c1.[Ir+3]. The van der Waals surface area contributed by atoms with Crippen LogP contribution in [0.25, 0.3) is 134 Å². The molecule has 12 nitrogen and oxygen atoms in total. The summed E-state index contributed by atoms with van der Waals surface area (Å²) in [7, 11) is 0. The number of fused-ring (bicyclic) bond motifs is 9. The summed E-state index contributed by atoms with van der Waals surface area (Å²) >= 11 is 0. The normalized spacial score (nSPS) is 11.4. The van der Waals surface area contributed by atoms with E-state index in [1.54, 1.807) is 0 Å². The third kappa shape index (κ3) is 12.1. The number of hydrogen-bond acceptors (Lipinski definition) is 6. The third-order valence-electron chi connectivity index (χ3n) is 19.4. The molecule has 0 aliphatic heterocycles. The summed E-state index contributed by atoms with van der Waals surface area (Å²) in [5.41, 5.74) is 34.1. The van der Waals surface area contributed by atoms with E-state index in [1.807, 2.05) is 74.0 Å². The van der Waals surface area contributed by atoms with E-state index in [1.165, 1.54) is 83.8 Å². The fourth-order valence-corrected chi connectivity index (χ4v) is 15.5. The topological polar surface area (TPSA) is 107 Å². The summed E-state index contributed by atoms with van der Waals surface area (Å²) in [4.78, 5) is 28.5. The van der Waals surface area contributed by atoms with Crippen molar-refractivity contribution in [2.45, 2.75) is 83.1 Å². The maximum absolute atomic E-state index is 4.76. The average Bonchev–Trinajstić information content (AvgIpc) is 1.60. The molecule has 0 aliphatic carbocycles. The van der Waals surface area contributed by atoms with Crippen LogP contribution in [0, 0.1) is 101 Å². The van der Waals surface area contributed by atoms with E-state index in [0.29, 0.717) is 0 Å². The van der Waals surface area contributed by atoms with Crippen LogP contribution < -0.4 is 0 Å². The molecule has 9 aromatic heterocycles. The monoisotopic (exact) mass is 1520 g/mol. The fourth-order valence-electron chi connectivity index (χ4n) is 15.5. The van der Waals surface area contributed by atoms with Crippen LogP contribution >= 0.6 is 0 Å². The Morgan fingerprint density at radius 2 is 0.534 bits per heavy atom.